The number of carbonyl (C=O) groups excluding carboxylic acids is 1. The van der Waals surface area contributed by atoms with E-state index < -0.39 is 0 Å². The summed E-state index contributed by atoms with van der Waals surface area (Å²) in [7, 11) is 5.21. The van der Waals surface area contributed by atoms with Crippen LogP contribution in [-0.4, -0.2) is 85.1 Å². The molecule has 0 atom stereocenters. The molecular weight excluding hydrogens is 272 g/mol. The lowest BCUT2D eigenvalue weighted by Gasteiger charge is -2.45. The molecule has 0 unspecified atom stereocenters. The maximum absolute atomic E-state index is 12.2. The van der Waals surface area contributed by atoms with E-state index in [-0.39, 0.29) is 5.91 Å². The average Bonchev–Trinajstić information content (AvgIpc) is 2.86. The van der Waals surface area contributed by atoms with E-state index in [9.17, 15) is 4.79 Å². The van der Waals surface area contributed by atoms with E-state index in [0.29, 0.717) is 24.9 Å². The molecule has 2 rings (SSSR count). The van der Waals surface area contributed by atoms with Crippen molar-refractivity contribution in [1.82, 2.24) is 19.6 Å². The summed E-state index contributed by atoms with van der Waals surface area (Å²) >= 11 is 0. The van der Waals surface area contributed by atoms with Crippen molar-refractivity contribution in [2.75, 3.05) is 53.6 Å². The first kappa shape index (κ1) is 15.9. The fourth-order valence-electron chi connectivity index (χ4n) is 2.44. The Labute approximate surface area is 125 Å². The number of likely N-dealkylation sites (tertiary alicyclic amines) is 1. The molecule has 118 valence electrons. The molecule has 0 N–H and O–H groups in total. The zero-order valence-electron chi connectivity index (χ0n) is 13.0. The minimum absolute atomic E-state index is 0.00489. The van der Waals surface area contributed by atoms with Crippen LogP contribution in [0.4, 0.5) is 0 Å². The predicted molar refractivity (Wildman–Crippen MR) is 78.2 cm³/mol. The highest BCUT2D eigenvalue weighted by Gasteiger charge is 2.35. The number of carbonyl (C=O) groups is 1. The zero-order valence-corrected chi connectivity index (χ0v) is 13.0. The van der Waals surface area contributed by atoms with E-state index >= 15 is 0 Å². The van der Waals surface area contributed by atoms with Crippen molar-refractivity contribution >= 4 is 5.91 Å². The van der Waals surface area contributed by atoms with Gasteiger partial charge in [-0.25, -0.2) is 0 Å². The SMILES string of the molecule is COCCN(CCOC)C1CN(C(=O)c2ccn(C)n2)C1. The van der Waals surface area contributed by atoms with Crippen molar-refractivity contribution in [2.24, 2.45) is 7.05 Å². The molecule has 2 heterocycles. The molecule has 1 fully saturated rings. The lowest BCUT2D eigenvalue weighted by Crippen LogP contribution is -2.62. The quantitative estimate of drug-likeness (QED) is 0.667. The van der Waals surface area contributed by atoms with Crippen molar-refractivity contribution in [3.8, 4) is 0 Å². The smallest absolute Gasteiger partial charge is 0.274 e. The molecule has 1 aliphatic heterocycles. The summed E-state index contributed by atoms with van der Waals surface area (Å²) in [6.07, 6.45) is 1.79. The van der Waals surface area contributed by atoms with Crippen LogP contribution in [0, 0.1) is 0 Å². The topological polar surface area (TPSA) is 59.8 Å². The third kappa shape index (κ3) is 4.03. The standard InChI is InChI=1S/C14H24N4O3/c1-16-5-4-13(15-16)14(19)18-10-12(11-18)17(6-8-20-2)7-9-21-3/h4-5,12H,6-11H2,1-3H3. The Morgan fingerprint density at radius 3 is 2.43 bits per heavy atom. The summed E-state index contributed by atoms with van der Waals surface area (Å²) < 4.78 is 11.9. The normalized spacial score (nSPS) is 15.5. The van der Waals surface area contributed by atoms with Crippen LogP contribution in [-0.2, 0) is 16.5 Å². The number of hydrogen-bond donors (Lipinski definition) is 0. The van der Waals surface area contributed by atoms with Gasteiger partial charge >= 0.3 is 0 Å². The number of amides is 1. The van der Waals surface area contributed by atoms with Gasteiger partial charge in [-0.05, 0) is 6.07 Å². The van der Waals surface area contributed by atoms with Gasteiger partial charge < -0.3 is 14.4 Å². The van der Waals surface area contributed by atoms with Crippen LogP contribution in [0.3, 0.4) is 0 Å². The molecular formula is C14H24N4O3. The van der Waals surface area contributed by atoms with Gasteiger partial charge in [-0.3, -0.25) is 14.4 Å². The molecule has 21 heavy (non-hydrogen) atoms. The number of nitrogens with zero attached hydrogens (tertiary/aromatic N) is 4. The molecule has 0 aliphatic carbocycles. The van der Waals surface area contributed by atoms with Gasteiger partial charge in [0.05, 0.1) is 13.2 Å². The van der Waals surface area contributed by atoms with Crippen LogP contribution in [0.5, 0.6) is 0 Å². The third-order valence-corrected chi connectivity index (χ3v) is 3.76. The van der Waals surface area contributed by atoms with Crippen molar-refractivity contribution < 1.29 is 14.3 Å². The summed E-state index contributed by atoms with van der Waals surface area (Å²) in [6.45, 7) is 4.57. The summed E-state index contributed by atoms with van der Waals surface area (Å²) in [4.78, 5) is 16.4. The second kappa shape index (κ2) is 7.53. The summed E-state index contributed by atoms with van der Waals surface area (Å²) in [6, 6.07) is 2.13. The van der Waals surface area contributed by atoms with Gasteiger partial charge in [0.1, 0.15) is 5.69 Å². The number of hydrogen-bond acceptors (Lipinski definition) is 5. The molecule has 1 aromatic heterocycles. The average molecular weight is 296 g/mol. The van der Waals surface area contributed by atoms with Gasteiger partial charge in [0.2, 0.25) is 0 Å². The lowest BCUT2D eigenvalue weighted by molar-refractivity contribution is 0.00901. The minimum Gasteiger partial charge on any atom is -0.383 e. The van der Waals surface area contributed by atoms with Crippen molar-refractivity contribution in [3.05, 3.63) is 18.0 Å². The highest BCUT2D eigenvalue weighted by Crippen LogP contribution is 2.17. The van der Waals surface area contributed by atoms with E-state index in [2.05, 4.69) is 10.00 Å². The number of rotatable bonds is 8. The predicted octanol–water partition coefficient (Wildman–Crippen LogP) is -0.161. The van der Waals surface area contributed by atoms with Gasteiger partial charge in [0.25, 0.3) is 5.91 Å². The molecule has 1 saturated heterocycles. The Morgan fingerprint density at radius 1 is 1.33 bits per heavy atom. The van der Waals surface area contributed by atoms with E-state index in [4.69, 9.17) is 9.47 Å². The van der Waals surface area contributed by atoms with E-state index in [0.717, 1.165) is 26.2 Å². The van der Waals surface area contributed by atoms with Gasteiger partial charge in [-0.1, -0.05) is 0 Å². The van der Waals surface area contributed by atoms with Crippen LogP contribution < -0.4 is 0 Å². The lowest BCUT2D eigenvalue weighted by atomic mass is 10.1. The first-order chi connectivity index (χ1) is 10.2. The highest BCUT2D eigenvalue weighted by atomic mass is 16.5. The minimum atomic E-state index is 0.00489. The first-order valence-corrected chi connectivity index (χ1v) is 7.16. The molecule has 1 aliphatic rings. The van der Waals surface area contributed by atoms with E-state index in [1.165, 1.54) is 0 Å². The molecule has 0 aromatic carbocycles. The monoisotopic (exact) mass is 296 g/mol. The molecule has 1 amide bonds. The van der Waals surface area contributed by atoms with Crippen molar-refractivity contribution in [3.63, 3.8) is 0 Å². The second-order valence-corrected chi connectivity index (χ2v) is 5.26. The molecule has 0 radical (unpaired) electrons. The Kier molecular flexibility index (Phi) is 5.72. The van der Waals surface area contributed by atoms with E-state index in [1.807, 2.05) is 11.9 Å². The van der Waals surface area contributed by atoms with Gasteiger partial charge in [0, 0.05) is 59.7 Å². The largest absolute Gasteiger partial charge is 0.383 e. The molecule has 7 heteroatoms. The van der Waals surface area contributed by atoms with Gasteiger partial charge in [0.15, 0.2) is 0 Å². The summed E-state index contributed by atoms with van der Waals surface area (Å²) in [5.74, 6) is 0.00489. The maximum atomic E-state index is 12.2. The zero-order chi connectivity index (χ0) is 15.2. The second-order valence-electron chi connectivity index (χ2n) is 5.26. The number of aryl methyl sites for hydroxylation is 1. The van der Waals surface area contributed by atoms with Crippen LogP contribution in [0.2, 0.25) is 0 Å². The summed E-state index contributed by atoms with van der Waals surface area (Å²) in [5, 5.41) is 4.15. The highest BCUT2D eigenvalue weighted by molar-refractivity contribution is 5.92. The fourth-order valence-corrected chi connectivity index (χ4v) is 2.44. The summed E-state index contributed by atoms with van der Waals surface area (Å²) in [5.41, 5.74) is 0.510. The Bertz CT molecular complexity index is 449. The van der Waals surface area contributed by atoms with Crippen LogP contribution >= 0.6 is 0 Å². The Hall–Kier alpha value is -1.44. The third-order valence-electron chi connectivity index (χ3n) is 3.76. The molecule has 0 bridgehead atoms. The van der Waals surface area contributed by atoms with Crippen LogP contribution in [0.15, 0.2) is 12.3 Å². The molecule has 1 aromatic rings. The molecule has 0 saturated carbocycles. The van der Waals surface area contributed by atoms with Crippen LogP contribution in [0.1, 0.15) is 10.5 Å². The van der Waals surface area contributed by atoms with Crippen molar-refractivity contribution in [1.29, 1.82) is 0 Å². The maximum Gasteiger partial charge on any atom is 0.274 e. The number of aromatic nitrogens is 2. The molecule has 7 nitrogen and oxygen atoms in total. The number of methoxy groups -OCH3 is 2. The van der Waals surface area contributed by atoms with Gasteiger partial charge in [-0.2, -0.15) is 5.10 Å². The van der Waals surface area contributed by atoms with Crippen LogP contribution in [0.25, 0.3) is 0 Å². The first-order valence-electron chi connectivity index (χ1n) is 7.16. The van der Waals surface area contributed by atoms with Gasteiger partial charge in [-0.15, -0.1) is 0 Å². The van der Waals surface area contributed by atoms with Crippen molar-refractivity contribution in [2.45, 2.75) is 6.04 Å². The fraction of sp³-hybridized carbons (Fsp3) is 0.714. The number of ether oxygens (including phenoxy) is 2. The molecule has 0 spiro atoms. The Balaban J connectivity index is 1.83. The Morgan fingerprint density at radius 2 is 1.95 bits per heavy atom. The van der Waals surface area contributed by atoms with E-state index in [1.54, 1.807) is 31.2 Å².